The number of para-hydroxylation sites is 1. The Morgan fingerprint density at radius 1 is 1.20 bits per heavy atom. The van der Waals surface area contributed by atoms with Gasteiger partial charge in [0.15, 0.2) is 0 Å². The Labute approximate surface area is 122 Å². The number of hydrogen-bond acceptors (Lipinski definition) is 2. The van der Waals surface area contributed by atoms with Crippen LogP contribution in [0.5, 0.6) is 0 Å². The maximum absolute atomic E-state index is 12.0. The largest absolute Gasteiger partial charge is 0.325 e. The highest BCUT2D eigenvalue weighted by Gasteiger charge is 2.20. The lowest BCUT2D eigenvalue weighted by Gasteiger charge is -2.22. The van der Waals surface area contributed by atoms with Crippen molar-refractivity contribution in [1.29, 1.82) is 0 Å². The summed E-state index contributed by atoms with van der Waals surface area (Å²) in [5, 5.41) is 6.42. The molecule has 1 aromatic carbocycles. The van der Waals surface area contributed by atoms with Gasteiger partial charge in [0.2, 0.25) is 5.91 Å². The van der Waals surface area contributed by atoms with E-state index in [0.717, 1.165) is 11.3 Å². The molecule has 0 radical (unpaired) electrons. The summed E-state index contributed by atoms with van der Waals surface area (Å²) in [7, 11) is 0. The number of carbonyl (C=O) groups is 1. The third-order valence-corrected chi connectivity index (χ3v) is 4.31. The zero-order valence-corrected chi connectivity index (χ0v) is 12.6. The van der Waals surface area contributed by atoms with E-state index in [1.165, 1.54) is 32.1 Å². The summed E-state index contributed by atoms with van der Waals surface area (Å²) in [6.07, 6.45) is 6.41. The number of benzene rings is 1. The van der Waals surface area contributed by atoms with Gasteiger partial charge in [-0.3, -0.25) is 4.79 Å². The third kappa shape index (κ3) is 4.34. The van der Waals surface area contributed by atoms with E-state index in [-0.39, 0.29) is 5.91 Å². The van der Waals surface area contributed by atoms with Crippen molar-refractivity contribution in [2.24, 2.45) is 5.92 Å². The summed E-state index contributed by atoms with van der Waals surface area (Å²) in [6, 6.07) is 8.37. The first-order valence-electron chi connectivity index (χ1n) is 7.75. The van der Waals surface area contributed by atoms with Gasteiger partial charge < -0.3 is 10.6 Å². The highest BCUT2D eigenvalue weighted by atomic mass is 16.1. The van der Waals surface area contributed by atoms with Gasteiger partial charge in [-0.2, -0.15) is 0 Å². The minimum atomic E-state index is 0.0516. The Bertz CT molecular complexity index is 444. The fourth-order valence-corrected chi connectivity index (χ4v) is 2.93. The van der Waals surface area contributed by atoms with Gasteiger partial charge in [0, 0.05) is 11.7 Å². The molecule has 2 N–H and O–H groups in total. The normalized spacial score (nSPS) is 23.1. The first-order valence-corrected chi connectivity index (χ1v) is 7.75. The quantitative estimate of drug-likeness (QED) is 0.825. The van der Waals surface area contributed by atoms with E-state index < -0.39 is 0 Å². The van der Waals surface area contributed by atoms with Crippen LogP contribution in [0.25, 0.3) is 0 Å². The molecule has 1 amide bonds. The van der Waals surface area contributed by atoms with Gasteiger partial charge in [-0.25, -0.2) is 0 Å². The van der Waals surface area contributed by atoms with Crippen molar-refractivity contribution in [2.75, 3.05) is 11.9 Å². The molecule has 1 saturated carbocycles. The van der Waals surface area contributed by atoms with E-state index in [4.69, 9.17) is 0 Å². The molecule has 1 aromatic rings. The van der Waals surface area contributed by atoms with Crippen LogP contribution in [-0.4, -0.2) is 18.5 Å². The minimum absolute atomic E-state index is 0.0516. The maximum atomic E-state index is 12.0. The van der Waals surface area contributed by atoms with Crippen LogP contribution >= 0.6 is 0 Å². The molecule has 2 rings (SSSR count). The van der Waals surface area contributed by atoms with Crippen molar-refractivity contribution in [2.45, 2.75) is 52.0 Å². The Hall–Kier alpha value is -1.35. The summed E-state index contributed by atoms with van der Waals surface area (Å²) < 4.78 is 0. The summed E-state index contributed by atoms with van der Waals surface area (Å²) in [5.74, 6) is 0.722. The van der Waals surface area contributed by atoms with Crippen LogP contribution in [0, 0.1) is 12.8 Å². The maximum Gasteiger partial charge on any atom is 0.238 e. The molecule has 1 fully saturated rings. The summed E-state index contributed by atoms with van der Waals surface area (Å²) >= 11 is 0. The second-order valence-electron chi connectivity index (χ2n) is 5.97. The third-order valence-electron chi connectivity index (χ3n) is 4.31. The molecular formula is C17H26N2O. The molecule has 2 unspecified atom stereocenters. The highest BCUT2D eigenvalue weighted by Crippen LogP contribution is 2.22. The van der Waals surface area contributed by atoms with E-state index in [1.807, 2.05) is 31.2 Å². The Morgan fingerprint density at radius 3 is 2.75 bits per heavy atom. The molecule has 2 atom stereocenters. The van der Waals surface area contributed by atoms with Crippen molar-refractivity contribution in [3.05, 3.63) is 29.8 Å². The van der Waals surface area contributed by atoms with Gasteiger partial charge in [-0.05, 0) is 37.3 Å². The van der Waals surface area contributed by atoms with Gasteiger partial charge in [-0.1, -0.05) is 44.4 Å². The number of nitrogens with one attached hydrogen (secondary N) is 2. The molecule has 1 aliphatic rings. The van der Waals surface area contributed by atoms with Crippen molar-refractivity contribution >= 4 is 11.6 Å². The average molecular weight is 274 g/mol. The zero-order chi connectivity index (χ0) is 14.4. The van der Waals surface area contributed by atoms with Crippen LogP contribution in [0.3, 0.4) is 0 Å². The Morgan fingerprint density at radius 2 is 1.95 bits per heavy atom. The van der Waals surface area contributed by atoms with Crippen molar-refractivity contribution in [1.82, 2.24) is 5.32 Å². The summed E-state index contributed by atoms with van der Waals surface area (Å²) in [5.41, 5.74) is 2.01. The van der Waals surface area contributed by atoms with E-state index in [2.05, 4.69) is 17.6 Å². The SMILES string of the molecule is Cc1ccccc1NC(=O)CNC1CCCCCC1C. The van der Waals surface area contributed by atoms with Gasteiger partial charge in [-0.15, -0.1) is 0 Å². The summed E-state index contributed by atoms with van der Waals surface area (Å²) in [4.78, 5) is 12.0. The average Bonchev–Trinajstić information content (AvgIpc) is 2.64. The smallest absolute Gasteiger partial charge is 0.238 e. The van der Waals surface area contributed by atoms with Crippen LogP contribution in [0.1, 0.15) is 44.6 Å². The van der Waals surface area contributed by atoms with E-state index in [9.17, 15) is 4.79 Å². The lowest BCUT2D eigenvalue weighted by Crippen LogP contribution is -2.39. The van der Waals surface area contributed by atoms with Gasteiger partial charge in [0.05, 0.1) is 6.54 Å². The predicted octanol–water partition coefficient (Wildman–Crippen LogP) is 3.49. The number of hydrogen-bond donors (Lipinski definition) is 2. The lowest BCUT2D eigenvalue weighted by atomic mass is 9.97. The molecule has 0 heterocycles. The van der Waals surface area contributed by atoms with E-state index >= 15 is 0 Å². The first kappa shape index (κ1) is 15.0. The molecule has 110 valence electrons. The molecule has 0 spiro atoms. The monoisotopic (exact) mass is 274 g/mol. The predicted molar refractivity (Wildman–Crippen MR) is 83.8 cm³/mol. The Balaban J connectivity index is 1.81. The number of aryl methyl sites for hydroxylation is 1. The zero-order valence-electron chi connectivity index (χ0n) is 12.6. The molecule has 3 nitrogen and oxygen atoms in total. The van der Waals surface area contributed by atoms with E-state index in [1.54, 1.807) is 0 Å². The van der Waals surface area contributed by atoms with Gasteiger partial charge in [0.1, 0.15) is 0 Å². The molecule has 0 aliphatic heterocycles. The molecule has 3 heteroatoms. The fraction of sp³-hybridized carbons (Fsp3) is 0.588. The molecule has 0 saturated heterocycles. The lowest BCUT2D eigenvalue weighted by molar-refractivity contribution is -0.115. The number of anilines is 1. The summed E-state index contributed by atoms with van der Waals surface area (Å²) in [6.45, 7) is 4.71. The number of rotatable bonds is 4. The van der Waals surface area contributed by atoms with Crippen LogP contribution in [0.15, 0.2) is 24.3 Å². The first-order chi connectivity index (χ1) is 9.66. The highest BCUT2D eigenvalue weighted by molar-refractivity contribution is 5.92. The van der Waals surface area contributed by atoms with Gasteiger partial charge >= 0.3 is 0 Å². The fourth-order valence-electron chi connectivity index (χ4n) is 2.93. The van der Waals surface area contributed by atoms with Crippen LogP contribution in [0.4, 0.5) is 5.69 Å². The topological polar surface area (TPSA) is 41.1 Å². The number of carbonyl (C=O) groups excluding carboxylic acids is 1. The number of amides is 1. The van der Waals surface area contributed by atoms with Crippen molar-refractivity contribution in [3.63, 3.8) is 0 Å². The molecule has 0 bridgehead atoms. The van der Waals surface area contributed by atoms with Crippen molar-refractivity contribution in [3.8, 4) is 0 Å². The molecule has 1 aliphatic carbocycles. The van der Waals surface area contributed by atoms with E-state index in [0.29, 0.717) is 18.5 Å². The van der Waals surface area contributed by atoms with Crippen molar-refractivity contribution < 1.29 is 4.79 Å². The van der Waals surface area contributed by atoms with Gasteiger partial charge in [0.25, 0.3) is 0 Å². The second kappa shape index (κ2) is 7.44. The minimum Gasteiger partial charge on any atom is -0.325 e. The standard InChI is InChI=1S/C17H26N2O/c1-13-8-4-3-5-10-15(13)18-12-17(20)19-16-11-7-6-9-14(16)2/h6-7,9,11,13,15,18H,3-5,8,10,12H2,1-2H3,(H,19,20). The van der Waals surface area contributed by atoms with Crippen LogP contribution < -0.4 is 10.6 Å². The second-order valence-corrected chi connectivity index (χ2v) is 5.97. The molecule has 0 aromatic heterocycles. The van der Waals surface area contributed by atoms with Crippen LogP contribution in [0.2, 0.25) is 0 Å². The van der Waals surface area contributed by atoms with Crippen LogP contribution in [-0.2, 0) is 4.79 Å². The molecule has 20 heavy (non-hydrogen) atoms. The Kier molecular flexibility index (Phi) is 5.60. The molecular weight excluding hydrogens is 248 g/mol.